The third-order valence-corrected chi connectivity index (χ3v) is 6.04. The number of fused-ring (bicyclic) bond motifs is 2. The summed E-state index contributed by atoms with van der Waals surface area (Å²) in [5.74, 6) is 0.124. The molecule has 1 unspecified atom stereocenters. The van der Waals surface area contributed by atoms with Gasteiger partial charge in [0.15, 0.2) is 0 Å². The van der Waals surface area contributed by atoms with Crippen LogP contribution < -0.4 is 16.4 Å². The average molecular weight is 399 g/mol. The van der Waals surface area contributed by atoms with Gasteiger partial charge >= 0.3 is 11.1 Å². The molecule has 1 aliphatic rings. The van der Waals surface area contributed by atoms with E-state index in [4.69, 9.17) is 0 Å². The number of benzene rings is 2. The second-order valence-corrected chi connectivity index (χ2v) is 7.66. The van der Waals surface area contributed by atoms with Crippen molar-refractivity contribution < 1.29 is 9.18 Å². The maximum atomic E-state index is 14.0. The number of hydrogen-bond acceptors (Lipinski definition) is 4. The van der Waals surface area contributed by atoms with Crippen molar-refractivity contribution in [3.8, 4) is 0 Å². The van der Waals surface area contributed by atoms with Crippen molar-refractivity contribution in [1.82, 2.24) is 14.9 Å². The van der Waals surface area contributed by atoms with E-state index in [0.717, 1.165) is 5.56 Å². The molecule has 0 radical (unpaired) electrons. The maximum Gasteiger partial charge on any atom is 0.316 e. The quantitative estimate of drug-likeness (QED) is 0.664. The molecule has 2 N–H and O–H groups in total. The summed E-state index contributed by atoms with van der Waals surface area (Å²) in [5, 5.41) is 2.96. The van der Waals surface area contributed by atoms with Gasteiger partial charge < -0.3 is 14.9 Å². The van der Waals surface area contributed by atoms with Crippen LogP contribution in [0.1, 0.15) is 35.3 Å². The van der Waals surface area contributed by atoms with E-state index in [0.29, 0.717) is 40.2 Å². The van der Waals surface area contributed by atoms with Crippen molar-refractivity contribution in [2.45, 2.75) is 30.8 Å². The number of aromatic nitrogens is 2. The lowest BCUT2D eigenvalue weighted by atomic mass is 10.0. The van der Waals surface area contributed by atoms with E-state index in [-0.39, 0.29) is 17.8 Å². The number of nitrogens with one attached hydrogen (secondary N) is 2. The van der Waals surface area contributed by atoms with Crippen LogP contribution in [0, 0.1) is 5.82 Å². The molecule has 0 spiro atoms. The first kappa shape index (κ1) is 18.5. The second kappa shape index (κ2) is 7.27. The minimum Gasteiger partial charge on any atom is -0.345 e. The zero-order valence-electron chi connectivity index (χ0n) is 15.1. The van der Waals surface area contributed by atoms with Crippen LogP contribution in [0.2, 0.25) is 0 Å². The van der Waals surface area contributed by atoms with Crippen molar-refractivity contribution in [2.75, 3.05) is 5.75 Å². The van der Waals surface area contributed by atoms with Crippen LogP contribution in [0.15, 0.2) is 50.9 Å². The number of nitrogens with zero attached hydrogens (tertiary/aromatic N) is 1. The summed E-state index contributed by atoms with van der Waals surface area (Å²) in [6.45, 7) is 2.13. The van der Waals surface area contributed by atoms with E-state index < -0.39 is 11.1 Å². The molecule has 1 aromatic heterocycles. The van der Waals surface area contributed by atoms with E-state index in [1.807, 2.05) is 6.07 Å². The molecule has 8 heteroatoms. The summed E-state index contributed by atoms with van der Waals surface area (Å²) in [5.41, 5.74) is 0.778. The highest BCUT2D eigenvalue weighted by Crippen LogP contribution is 2.37. The third-order valence-electron chi connectivity index (χ3n) is 4.88. The highest BCUT2D eigenvalue weighted by molar-refractivity contribution is 7.99. The summed E-state index contributed by atoms with van der Waals surface area (Å²) >= 11 is 1.45. The van der Waals surface area contributed by atoms with Crippen LogP contribution in [-0.2, 0) is 6.54 Å². The summed E-state index contributed by atoms with van der Waals surface area (Å²) in [7, 11) is 0. The first-order valence-electron chi connectivity index (χ1n) is 8.98. The minimum atomic E-state index is -0.722. The van der Waals surface area contributed by atoms with Crippen molar-refractivity contribution in [3.05, 3.63) is 74.0 Å². The lowest BCUT2D eigenvalue weighted by Gasteiger charge is -2.26. The fourth-order valence-electron chi connectivity index (χ4n) is 3.51. The highest BCUT2D eigenvalue weighted by Gasteiger charge is 2.25. The van der Waals surface area contributed by atoms with Gasteiger partial charge in [0.05, 0.1) is 17.1 Å². The molecule has 2 heterocycles. The standard InChI is InChI=1S/C20H18FN3O3S/c1-2-24-16-7-6-11(10-15(16)23-19(26)20(24)27)18(25)22-14-8-9-28-17-12(14)4-3-5-13(17)21/h3-7,10,14H,2,8-9H2,1H3,(H,22,25)(H,23,26). The normalized spacial score (nSPS) is 16.0. The molecule has 6 nitrogen and oxygen atoms in total. The lowest BCUT2D eigenvalue weighted by molar-refractivity contribution is 0.0935. The SMILES string of the molecule is CCn1c(=O)c(=O)[nH]c2cc(C(=O)NC3CCSc4c(F)cccc43)ccc21. The average Bonchev–Trinajstić information content (AvgIpc) is 2.69. The predicted octanol–water partition coefficient (Wildman–Crippen LogP) is 2.82. The summed E-state index contributed by atoms with van der Waals surface area (Å²) in [6.07, 6.45) is 0.701. The van der Waals surface area contributed by atoms with Crippen molar-refractivity contribution in [1.29, 1.82) is 0 Å². The Bertz CT molecular complexity index is 1200. The van der Waals surface area contributed by atoms with Gasteiger partial charge in [-0.05, 0) is 43.2 Å². The number of thioether (sulfide) groups is 1. The van der Waals surface area contributed by atoms with Crippen LogP contribution in [0.25, 0.3) is 11.0 Å². The molecule has 4 rings (SSSR count). The molecule has 1 amide bonds. The highest BCUT2D eigenvalue weighted by atomic mass is 32.2. The molecule has 28 heavy (non-hydrogen) atoms. The molecule has 144 valence electrons. The van der Waals surface area contributed by atoms with E-state index in [1.165, 1.54) is 22.4 Å². The Kier molecular flexibility index (Phi) is 4.80. The topological polar surface area (TPSA) is 84.0 Å². The monoisotopic (exact) mass is 399 g/mol. The van der Waals surface area contributed by atoms with Crippen LogP contribution in [0.5, 0.6) is 0 Å². The number of hydrogen-bond donors (Lipinski definition) is 2. The molecule has 0 bridgehead atoms. The van der Waals surface area contributed by atoms with Crippen LogP contribution in [0.4, 0.5) is 4.39 Å². The molecule has 2 aromatic carbocycles. The number of H-pyrrole nitrogens is 1. The van der Waals surface area contributed by atoms with Crippen molar-refractivity contribution >= 4 is 28.7 Å². The molecule has 0 saturated heterocycles. The Labute approximate surface area is 163 Å². The predicted molar refractivity (Wildman–Crippen MR) is 106 cm³/mol. The van der Waals surface area contributed by atoms with Gasteiger partial charge in [0, 0.05) is 22.8 Å². The summed E-state index contributed by atoms with van der Waals surface area (Å²) in [4.78, 5) is 39.7. The first-order valence-corrected chi connectivity index (χ1v) is 9.97. The van der Waals surface area contributed by atoms with Gasteiger partial charge in [-0.2, -0.15) is 0 Å². The Hall–Kier alpha value is -2.87. The van der Waals surface area contributed by atoms with Gasteiger partial charge in [-0.1, -0.05) is 12.1 Å². The Balaban J connectivity index is 1.68. The fourth-order valence-corrected chi connectivity index (χ4v) is 4.65. The smallest absolute Gasteiger partial charge is 0.316 e. The van der Waals surface area contributed by atoms with Gasteiger partial charge in [0.25, 0.3) is 5.91 Å². The van der Waals surface area contributed by atoms with Gasteiger partial charge in [0.1, 0.15) is 5.82 Å². The minimum absolute atomic E-state index is 0.276. The first-order chi connectivity index (χ1) is 13.5. The Morgan fingerprint density at radius 2 is 2.14 bits per heavy atom. The molecular weight excluding hydrogens is 381 g/mol. The second-order valence-electron chi connectivity index (χ2n) is 6.56. The Morgan fingerprint density at radius 1 is 1.32 bits per heavy atom. The van der Waals surface area contributed by atoms with E-state index >= 15 is 0 Å². The molecule has 0 saturated carbocycles. The number of carbonyl (C=O) groups is 1. The molecule has 1 aliphatic heterocycles. The van der Waals surface area contributed by atoms with Gasteiger partial charge in [-0.15, -0.1) is 11.8 Å². The largest absolute Gasteiger partial charge is 0.345 e. The van der Waals surface area contributed by atoms with E-state index in [9.17, 15) is 18.8 Å². The van der Waals surface area contributed by atoms with Crippen LogP contribution in [-0.4, -0.2) is 21.2 Å². The van der Waals surface area contributed by atoms with Crippen LogP contribution in [0.3, 0.4) is 0 Å². The number of aryl methyl sites for hydroxylation is 1. The zero-order valence-corrected chi connectivity index (χ0v) is 15.9. The number of amides is 1. The third kappa shape index (κ3) is 3.13. The number of carbonyl (C=O) groups excluding carboxylic acids is 1. The zero-order chi connectivity index (χ0) is 19.8. The van der Waals surface area contributed by atoms with Gasteiger partial charge in [0.2, 0.25) is 0 Å². The van der Waals surface area contributed by atoms with Gasteiger partial charge in [-0.3, -0.25) is 14.4 Å². The summed E-state index contributed by atoms with van der Waals surface area (Å²) in [6, 6.07) is 9.43. The summed E-state index contributed by atoms with van der Waals surface area (Å²) < 4.78 is 15.4. The lowest BCUT2D eigenvalue weighted by Crippen LogP contribution is -2.36. The van der Waals surface area contributed by atoms with Crippen molar-refractivity contribution in [3.63, 3.8) is 0 Å². The number of halogens is 1. The fraction of sp³-hybridized carbons (Fsp3) is 0.250. The van der Waals surface area contributed by atoms with E-state index in [2.05, 4.69) is 10.3 Å². The van der Waals surface area contributed by atoms with E-state index in [1.54, 1.807) is 31.2 Å². The molecule has 0 fully saturated rings. The molecule has 3 aromatic rings. The Morgan fingerprint density at radius 3 is 2.93 bits per heavy atom. The maximum absolute atomic E-state index is 14.0. The van der Waals surface area contributed by atoms with Crippen molar-refractivity contribution in [2.24, 2.45) is 0 Å². The molecule has 1 atom stereocenters. The molecular formula is C20H18FN3O3S. The molecule has 0 aliphatic carbocycles. The number of aromatic amines is 1. The van der Waals surface area contributed by atoms with Crippen LogP contribution >= 0.6 is 11.8 Å². The van der Waals surface area contributed by atoms with Gasteiger partial charge in [-0.25, -0.2) is 4.39 Å². The number of rotatable bonds is 3.